The highest BCUT2D eigenvalue weighted by Gasteiger charge is 2.61. The SMILES string of the molecule is CC(C)(C)CC1(C(=O)OC(C)(C)CC[Si](C)(C)C(C)(C)C)OO1. The Kier molecular flexibility index (Phi) is 5.53. The van der Waals surface area contributed by atoms with Crippen molar-refractivity contribution < 1.29 is 19.3 Å². The summed E-state index contributed by atoms with van der Waals surface area (Å²) in [5.41, 5.74) is -0.576. The van der Waals surface area contributed by atoms with Crippen molar-refractivity contribution in [1.82, 2.24) is 0 Å². The van der Waals surface area contributed by atoms with Crippen LogP contribution in [0, 0.1) is 5.41 Å². The van der Waals surface area contributed by atoms with E-state index in [0.717, 1.165) is 12.5 Å². The highest BCUT2D eigenvalue weighted by molar-refractivity contribution is 6.80. The summed E-state index contributed by atoms with van der Waals surface area (Å²) in [7, 11) is -1.39. The van der Waals surface area contributed by atoms with Gasteiger partial charge in [0.15, 0.2) is 0 Å². The summed E-state index contributed by atoms with van der Waals surface area (Å²) in [5.74, 6) is -1.58. The lowest BCUT2D eigenvalue weighted by molar-refractivity contribution is -0.165. The minimum Gasteiger partial charge on any atom is -0.456 e. The van der Waals surface area contributed by atoms with Crippen molar-refractivity contribution >= 4 is 14.0 Å². The fourth-order valence-electron chi connectivity index (χ4n) is 2.32. The first-order chi connectivity index (χ1) is 10.00. The smallest absolute Gasteiger partial charge is 0.373 e. The molecule has 5 heteroatoms. The lowest BCUT2D eigenvalue weighted by Crippen LogP contribution is -2.42. The molecule has 0 N–H and O–H groups in total. The van der Waals surface area contributed by atoms with Crippen molar-refractivity contribution in [2.45, 2.75) is 104 Å². The monoisotopic (exact) mass is 344 g/mol. The van der Waals surface area contributed by atoms with Crippen LogP contribution in [0.5, 0.6) is 0 Å². The zero-order valence-corrected chi connectivity index (χ0v) is 17.8. The van der Waals surface area contributed by atoms with Crippen LogP contribution < -0.4 is 0 Å². The van der Waals surface area contributed by atoms with Crippen LogP contribution in [0.25, 0.3) is 0 Å². The number of carbonyl (C=O) groups is 1. The van der Waals surface area contributed by atoms with Gasteiger partial charge in [-0.1, -0.05) is 60.7 Å². The predicted octanol–water partition coefficient (Wildman–Crippen LogP) is 5.30. The van der Waals surface area contributed by atoms with Gasteiger partial charge in [0.1, 0.15) is 5.60 Å². The molecule has 1 fully saturated rings. The molecule has 136 valence electrons. The summed E-state index contributed by atoms with van der Waals surface area (Å²) in [6.07, 6.45) is 1.36. The average molecular weight is 345 g/mol. The third kappa shape index (κ3) is 5.87. The average Bonchev–Trinajstić information content (AvgIpc) is 3.03. The van der Waals surface area contributed by atoms with Gasteiger partial charge in [-0.15, -0.1) is 0 Å². The van der Waals surface area contributed by atoms with Crippen molar-refractivity contribution in [2.75, 3.05) is 0 Å². The van der Waals surface area contributed by atoms with Gasteiger partial charge >= 0.3 is 11.8 Å². The number of rotatable bonds is 6. The molecule has 1 aliphatic rings. The van der Waals surface area contributed by atoms with Gasteiger partial charge in [-0.2, -0.15) is 9.78 Å². The van der Waals surface area contributed by atoms with Crippen LogP contribution in [0.1, 0.15) is 68.2 Å². The molecule has 0 aromatic carbocycles. The van der Waals surface area contributed by atoms with Crippen LogP contribution in [0.2, 0.25) is 24.2 Å². The van der Waals surface area contributed by atoms with Crippen LogP contribution in [0.4, 0.5) is 0 Å². The third-order valence-corrected chi connectivity index (χ3v) is 10.7. The summed E-state index contributed by atoms with van der Waals surface area (Å²) in [4.78, 5) is 22.5. The highest BCUT2D eigenvalue weighted by Crippen LogP contribution is 2.44. The molecule has 0 radical (unpaired) electrons. The lowest BCUT2D eigenvalue weighted by Gasteiger charge is -2.39. The Bertz CT molecular complexity index is 437. The summed E-state index contributed by atoms with van der Waals surface area (Å²) in [6, 6.07) is 1.12. The van der Waals surface area contributed by atoms with Crippen molar-refractivity contribution in [3.8, 4) is 0 Å². The first kappa shape index (κ1) is 20.7. The standard InChI is InChI=1S/C18H36O4Si/c1-15(2,3)13-18(21-22-18)14(19)20-17(7,8)11-12-23(9,10)16(4,5)6/h11-13H2,1-10H3. The molecule has 0 spiro atoms. The zero-order valence-electron chi connectivity index (χ0n) is 16.8. The van der Waals surface area contributed by atoms with Gasteiger partial charge < -0.3 is 4.74 Å². The Balaban J connectivity index is 2.64. The highest BCUT2D eigenvalue weighted by atomic mass is 28.3. The molecule has 4 nitrogen and oxygen atoms in total. The summed E-state index contributed by atoms with van der Waals surface area (Å²) >= 11 is 0. The molecule has 1 aliphatic heterocycles. The fourth-order valence-corrected chi connectivity index (χ4v) is 4.29. The fraction of sp³-hybridized carbons (Fsp3) is 0.944. The van der Waals surface area contributed by atoms with Gasteiger partial charge in [0.2, 0.25) is 0 Å². The van der Waals surface area contributed by atoms with Gasteiger partial charge in [0.25, 0.3) is 0 Å². The van der Waals surface area contributed by atoms with E-state index >= 15 is 0 Å². The normalized spacial score (nSPS) is 18.7. The molecular weight excluding hydrogens is 308 g/mol. The first-order valence-electron chi connectivity index (χ1n) is 8.60. The van der Waals surface area contributed by atoms with Crippen molar-refractivity contribution in [1.29, 1.82) is 0 Å². The Morgan fingerprint density at radius 2 is 1.48 bits per heavy atom. The maximum atomic E-state index is 12.5. The Morgan fingerprint density at radius 1 is 1.00 bits per heavy atom. The number of carbonyl (C=O) groups excluding carboxylic acids is 1. The molecule has 23 heavy (non-hydrogen) atoms. The Morgan fingerprint density at radius 3 is 1.83 bits per heavy atom. The second-order valence-electron chi connectivity index (χ2n) is 10.4. The molecule has 0 aliphatic carbocycles. The molecule has 1 saturated heterocycles. The maximum absolute atomic E-state index is 12.5. The maximum Gasteiger partial charge on any atom is 0.373 e. The van der Waals surface area contributed by atoms with E-state index in [1.807, 2.05) is 13.8 Å². The van der Waals surface area contributed by atoms with Gasteiger partial charge in [-0.05, 0) is 30.7 Å². The largest absolute Gasteiger partial charge is 0.456 e. The van der Waals surface area contributed by atoms with Crippen LogP contribution in [-0.2, 0) is 19.3 Å². The summed E-state index contributed by atoms with van der Waals surface area (Å²) < 4.78 is 5.75. The number of esters is 1. The molecule has 1 heterocycles. The van der Waals surface area contributed by atoms with E-state index in [1.165, 1.54) is 0 Å². The second-order valence-corrected chi connectivity index (χ2v) is 16.2. The summed E-state index contributed by atoms with van der Waals surface area (Å²) in [6.45, 7) is 21.8. The molecule has 0 amide bonds. The number of hydrogen-bond acceptors (Lipinski definition) is 4. The zero-order chi connectivity index (χ0) is 18.3. The predicted molar refractivity (Wildman–Crippen MR) is 95.8 cm³/mol. The molecule has 0 saturated carbocycles. The van der Waals surface area contributed by atoms with E-state index in [9.17, 15) is 4.79 Å². The van der Waals surface area contributed by atoms with Crippen molar-refractivity contribution in [2.24, 2.45) is 5.41 Å². The third-order valence-electron chi connectivity index (χ3n) is 5.11. The second kappa shape index (κ2) is 6.16. The van der Waals surface area contributed by atoms with Crippen molar-refractivity contribution in [3.05, 3.63) is 0 Å². The van der Waals surface area contributed by atoms with E-state index < -0.39 is 25.4 Å². The van der Waals surface area contributed by atoms with E-state index in [-0.39, 0.29) is 5.41 Å². The minimum absolute atomic E-state index is 0.0686. The lowest BCUT2D eigenvalue weighted by atomic mass is 9.88. The first-order valence-corrected chi connectivity index (χ1v) is 11.8. The van der Waals surface area contributed by atoms with Gasteiger partial charge in [0, 0.05) is 6.42 Å². The van der Waals surface area contributed by atoms with Crippen LogP contribution >= 0.6 is 0 Å². The van der Waals surface area contributed by atoms with E-state index in [1.54, 1.807) is 0 Å². The number of ether oxygens (including phenoxy) is 1. The molecule has 0 aromatic rings. The minimum atomic E-state index is -1.39. The molecule has 0 atom stereocenters. The van der Waals surface area contributed by atoms with Gasteiger partial charge in [-0.3, -0.25) is 0 Å². The van der Waals surface area contributed by atoms with Gasteiger partial charge in [-0.25, -0.2) is 4.79 Å². The molecular formula is C18H36O4Si. The summed E-state index contributed by atoms with van der Waals surface area (Å²) in [5, 5.41) is 0.337. The van der Waals surface area contributed by atoms with E-state index in [2.05, 4.69) is 54.6 Å². The molecule has 1 rings (SSSR count). The molecule has 0 aromatic heterocycles. The number of hydrogen-bond donors (Lipinski definition) is 0. The molecule has 0 unspecified atom stereocenters. The van der Waals surface area contributed by atoms with Crippen LogP contribution in [0.3, 0.4) is 0 Å². The molecule has 0 bridgehead atoms. The topological polar surface area (TPSA) is 51.4 Å². The van der Waals surface area contributed by atoms with E-state index in [4.69, 9.17) is 14.5 Å². The van der Waals surface area contributed by atoms with Crippen molar-refractivity contribution in [3.63, 3.8) is 0 Å². The Labute approximate surface area is 143 Å². The van der Waals surface area contributed by atoms with Crippen LogP contribution in [0.15, 0.2) is 0 Å². The van der Waals surface area contributed by atoms with Gasteiger partial charge in [0.05, 0.1) is 8.07 Å². The quantitative estimate of drug-likeness (QED) is 0.284. The van der Waals surface area contributed by atoms with Crippen LogP contribution in [-0.4, -0.2) is 25.4 Å². The Hall–Kier alpha value is -0.393. The van der Waals surface area contributed by atoms with E-state index in [0.29, 0.717) is 11.5 Å².